The fraction of sp³-hybridized carbons (Fsp3) is 0.0909. The maximum absolute atomic E-state index is 11.2. The molecular weight excluding hydrogens is 352 g/mol. The Morgan fingerprint density at radius 1 is 1.29 bits per heavy atom. The molecule has 2 aromatic rings. The van der Waals surface area contributed by atoms with E-state index in [2.05, 4.69) is 37.0 Å². The van der Waals surface area contributed by atoms with E-state index in [0.29, 0.717) is 15.9 Å². The summed E-state index contributed by atoms with van der Waals surface area (Å²) >= 11 is 6.57. The number of benzene rings is 1. The SMILES string of the molecule is Cc1nn(-c2ccc(Br)cc2)c(C(=O)O)c1Br. The molecule has 0 aliphatic carbocycles. The Morgan fingerprint density at radius 2 is 1.88 bits per heavy atom. The van der Waals surface area contributed by atoms with Crippen LogP contribution in [0.1, 0.15) is 16.2 Å². The van der Waals surface area contributed by atoms with Gasteiger partial charge in [0.1, 0.15) is 0 Å². The van der Waals surface area contributed by atoms with Crippen molar-refractivity contribution in [2.45, 2.75) is 6.92 Å². The van der Waals surface area contributed by atoms with Crippen molar-refractivity contribution in [3.05, 3.63) is 44.6 Å². The van der Waals surface area contributed by atoms with Gasteiger partial charge in [-0.15, -0.1) is 0 Å². The Labute approximate surface area is 115 Å². The molecule has 0 amide bonds. The minimum absolute atomic E-state index is 0.129. The second kappa shape index (κ2) is 4.62. The van der Waals surface area contributed by atoms with Crippen LogP contribution in [0.4, 0.5) is 0 Å². The molecule has 0 unspecified atom stereocenters. The molecule has 2 rings (SSSR count). The van der Waals surface area contributed by atoms with Crippen molar-refractivity contribution >= 4 is 37.8 Å². The summed E-state index contributed by atoms with van der Waals surface area (Å²) in [5.74, 6) is -1.01. The molecule has 0 atom stereocenters. The van der Waals surface area contributed by atoms with E-state index in [0.717, 1.165) is 4.47 Å². The largest absolute Gasteiger partial charge is 0.476 e. The summed E-state index contributed by atoms with van der Waals surface area (Å²) in [6, 6.07) is 7.28. The molecule has 0 aliphatic rings. The molecule has 0 spiro atoms. The molecule has 4 nitrogen and oxygen atoms in total. The van der Waals surface area contributed by atoms with Gasteiger partial charge in [-0.25, -0.2) is 9.48 Å². The van der Waals surface area contributed by atoms with E-state index >= 15 is 0 Å². The van der Waals surface area contributed by atoms with E-state index in [1.54, 1.807) is 19.1 Å². The van der Waals surface area contributed by atoms with Crippen LogP contribution in [0, 0.1) is 6.92 Å². The van der Waals surface area contributed by atoms with Gasteiger partial charge < -0.3 is 5.11 Å². The number of carbonyl (C=O) groups is 1. The highest BCUT2D eigenvalue weighted by Crippen LogP contribution is 2.24. The number of aromatic carboxylic acids is 1. The Bertz CT molecular complexity index is 576. The van der Waals surface area contributed by atoms with Crippen molar-refractivity contribution in [1.82, 2.24) is 9.78 Å². The molecule has 1 N–H and O–H groups in total. The third kappa shape index (κ3) is 2.28. The fourth-order valence-electron chi connectivity index (χ4n) is 1.46. The highest BCUT2D eigenvalue weighted by molar-refractivity contribution is 9.10. The van der Waals surface area contributed by atoms with Crippen molar-refractivity contribution in [2.75, 3.05) is 0 Å². The lowest BCUT2D eigenvalue weighted by Gasteiger charge is -2.04. The molecule has 1 aromatic heterocycles. The third-order valence-corrected chi connectivity index (χ3v) is 3.74. The number of halogens is 2. The first kappa shape index (κ1) is 12.3. The van der Waals surface area contributed by atoms with Gasteiger partial charge in [0.25, 0.3) is 0 Å². The average molecular weight is 360 g/mol. The summed E-state index contributed by atoms with van der Waals surface area (Å²) in [6.45, 7) is 1.76. The molecule has 0 fully saturated rings. The highest BCUT2D eigenvalue weighted by atomic mass is 79.9. The van der Waals surface area contributed by atoms with Gasteiger partial charge in [-0.3, -0.25) is 0 Å². The molecule has 0 saturated heterocycles. The van der Waals surface area contributed by atoms with Crippen LogP contribution in [0.3, 0.4) is 0 Å². The number of carboxylic acid groups (broad SMARTS) is 1. The van der Waals surface area contributed by atoms with Crippen LogP contribution in [-0.2, 0) is 0 Å². The van der Waals surface area contributed by atoms with Gasteiger partial charge in [0, 0.05) is 4.47 Å². The van der Waals surface area contributed by atoms with Crippen LogP contribution in [-0.4, -0.2) is 20.9 Å². The second-order valence-corrected chi connectivity index (χ2v) is 5.15. The van der Waals surface area contributed by atoms with E-state index in [4.69, 9.17) is 0 Å². The standard InChI is InChI=1S/C11H8Br2N2O2/c1-6-9(13)10(11(16)17)15(14-6)8-4-2-7(12)3-5-8/h2-5H,1H3,(H,16,17). The lowest BCUT2D eigenvalue weighted by molar-refractivity contribution is 0.0686. The first-order valence-electron chi connectivity index (χ1n) is 4.75. The Kier molecular flexibility index (Phi) is 3.35. The maximum Gasteiger partial charge on any atom is 0.355 e. The molecule has 0 saturated carbocycles. The van der Waals surface area contributed by atoms with Crippen molar-refractivity contribution in [1.29, 1.82) is 0 Å². The first-order chi connectivity index (χ1) is 8.00. The number of aryl methyl sites for hydroxylation is 1. The summed E-state index contributed by atoms with van der Waals surface area (Å²) in [6.07, 6.45) is 0. The highest BCUT2D eigenvalue weighted by Gasteiger charge is 2.20. The molecule has 0 aliphatic heterocycles. The normalized spacial score (nSPS) is 10.5. The van der Waals surface area contributed by atoms with Crippen molar-refractivity contribution in [3.8, 4) is 5.69 Å². The Hall–Kier alpha value is -1.14. The number of hydrogen-bond donors (Lipinski definition) is 1. The van der Waals surface area contributed by atoms with E-state index < -0.39 is 5.97 Å². The van der Waals surface area contributed by atoms with E-state index in [1.807, 2.05) is 12.1 Å². The van der Waals surface area contributed by atoms with Gasteiger partial charge >= 0.3 is 5.97 Å². The van der Waals surface area contributed by atoms with Crippen LogP contribution in [0.15, 0.2) is 33.2 Å². The van der Waals surface area contributed by atoms with Crippen LogP contribution < -0.4 is 0 Å². The van der Waals surface area contributed by atoms with Gasteiger partial charge in [-0.05, 0) is 47.1 Å². The quantitative estimate of drug-likeness (QED) is 0.893. The molecule has 1 aromatic carbocycles. The second-order valence-electron chi connectivity index (χ2n) is 3.44. The predicted octanol–water partition coefficient (Wildman–Crippen LogP) is 3.40. The zero-order valence-corrected chi connectivity index (χ0v) is 12.0. The first-order valence-corrected chi connectivity index (χ1v) is 6.33. The molecule has 88 valence electrons. The summed E-state index contributed by atoms with van der Waals surface area (Å²) in [5, 5.41) is 13.4. The van der Waals surface area contributed by atoms with Crippen LogP contribution >= 0.6 is 31.9 Å². The molecule has 17 heavy (non-hydrogen) atoms. The number of carboxylic acids is 1. The summed E-state index contributed by atoms with van der Waals surface area (Å²) < 4.78 is 2.85. The molecular formula is C11H8Br2N2O2. The van der Waals surface area contributed by atoms with Crippen LogP contribution in [0.5, 0.6) is 0 Å². The van der Waals surface area contributed by atoms with Crippen LogP contribution in [0.2, 0.25) is 0 Å². The Balaban J connectivity index is 2.63. The maximum atomic E-state index is 11.2. The number of rotatable bonds is 2. The third-order valence-electron chi connectivity index (χ3n) is 2.26. The number of hydrogen-bond acceptors (Lipinski definition) is 2. The fourth-order valence-corrected chi connectivity index (χ4v) is 2.14. The lowest BCUT2D eigenvalue weighted by atomic mass is 10.3. The monoisotopic (exact) mass is 358 g/mol. The molecule has 0 radical (unpaired) electrons. The van der Waals surface area contributed by atoms with Gasteiger partial charge in [0.15, 0.2) is 5.69 Å². The summed E-state index contributed by atoms with van der Waals surface area (Å²) in [5.41, 5.74) is 1.48. The molecule has 0 bridgehead atoms. The van der Waals surface area contributed by atoms with Gasteiger partial charge in [-0.2, -0.15) is 5.10 Å². The average Bonchev–Trinajstić information content (AvgIpc) is 2.56. The van der Waals surface area contributed by atoms with Crippen molar-refractivity contribution in [3.63, 3.8) is 0 Å². The summed E-state index contributed by atoms with van der Waals surface area (Å²) in [4.78, 5) is 11.2. The van der Waals surface area contributed by atoms with E-state index in [-0.39, 0.29) is 5.69 Å². The topological polar surface area (TPSA) is 55.1 Å². The van der Waals surface area contributed by atoms with Crippen molar-refractivity contribution < 1.29 is 9.90 Å². The van der Waals surface area contributed by atoms with E-state index in [1.165, 1.54) is 4.68 Å². The summed E-state index contributed by atoms with van der Waals surface area (Å²) in [7, 11) is 0. The zero-order valence-electron chi connectivity index (χ0n) is 8.82. The minimum atomic E-state index is -1.01. The van der Waals surface area contributed by atoms with E-state index in [9.17, 15) is 9.90 Å². The van der Waals surface area contributed by atoms with Gasteiger partial charge in [-0.1, -0.05) is 15.9 Å². The molecule has 1 heterocycles. The predicted molar refractivity (Wildman–Crippen MR) is 70.7 cm³/mol. The smallest absolute Gasteiger partial charge is 0.355 e. The Morgan fingerprint density at radius 3 is 2.41 bits per heavy atom. The van der Waals surface area contributed by atoms with Crippen molar-refractivity contribution in [2.24, 2.45) is 0 Å². The minimum Gasteiger partial charge on any atom is -0.476 e. The van der Waals surface area contributed by atoms with Gasteiger partial charge in [0.2, 0.25) is 0 Å². The van der Waals surface area contributed by atoms with Crippen LogP contribution in [0.25, 0.3) is 5.69 Å². The zero-order chi connectivity index (χ0) is 12.6. The lowest BCUT2D eigenvalue weighted by Crippen LogP contribution is -2.08. The van der Waals surface area contributed by atoms with Gasteiger partial charge in [0.05, 0.1) is 15.9 Å². The molecule has 6 heteroatoms. The number of aromatic nitrogens is 2. The number of nitrogens with zero attached hydrogens (tertiary/aromatic N) is 2.